The Labute approximate surface area is 217 Å². The van der Waals surface area contributed by atoms with Crippen LogP contribution in [0.25, 0.3) is 0 Å². The lowest BCUT2D eigenvalue weighted by Crippen LogP contribution is -2.54. The number of rotatable bonds is 7. The van der Waals surface area contributed by atoms with Crippen LogP contribution in [0.15, 0.2) is 20.5 Å². The fraction of sp³-hybridized carbons (Fsp3) is 0.917. The van der Waals surface area contributed by atoms with Crippen LogP contribution < -0.4 is 21.3 Å². The van der Waals surface area contributed by atoms with Gasteiger partial charge in [-0.05, 0) is 117 Å². The van der Waals surface area contributed by atoms with E-state index in [0.29, 0.717) is 23.3 Å². The molecule has 2 fully saturated rings. The van der Waals surface area contributed by atoms with Gasteiger partial charge in [0.05, 0.1) is 11.1 Å². The minimum atomic E-state index is -0.397. The average Bonchev–Trinajstić information content (AvgIpc) is 2.75. The Bertz CT molecular complexity index is 662. The largest absolute Gasteiger partial charge is 0.361 e. The zero-order chi connectivity index (χ0) is 25.3. The summed E-state index contributed by atoms with van der Waals surface area (Å²) in [5, 5.41) is 33.2. The van der Waals surface area contributed by atoms with Crippen molar-refractivity contribution < 1.29 is 0 Å². The van der Waals surface area contributed by atoms with Crippen LogP contribution in [0.1, 0.15) is 106 Å². The molecule has 0 atom stereocenters. The van der Waals surface area contributed by atoms with Gasteiger partial charge in [-0.3, -0.25) is 0 Å². The summed E-state index contributed by atoms with van der Waals surface area (Å²) in [4.78, 5) is 0. The molecule has 10 heteroatoms. The maximum atomic E-state index is 5.58. The van der Waals surface area contributed by atoms with Crippen molar-refractivity contribution in [2.75, 3.05) is 13.1 Å². The highest BCUT2D eigenvalue weighted by Crippen LogP contribution is 2.31. The quantitative estimate of drug-likeness (QED) is 0.198. The predicted molar refractivity (Wildman–Crippen MR) is 148 cm³/mol. The van der Waals surface area contributed by atoms with Crippen LogP contribution in [-0.4, -0.2) is 45.7 Å². The average molecular weight is 511 g/mol. The molecule has 0 spiro atoms. The van der Waals surface area contributed by atoms with Gasteiger partial charge in [-0.25, -0.2) is 0 Å². The van der Waals surface area contributed by atoms with Crippen molar-refractivity contribution in [2.45, 2.75) is 128 Å². The van der Waals surface area contributed by atoms with Crippen LogP contribution in [-0.2, 0) is 0 Å². The van der Waals surface area contributed by atoms with Crippen molar-refractivity contribution in [3.05, 3.63) is 0 Å². The molecular weight excluding hydrogens is 464 g/mol. The van der Waals surface area contributed by atoms with Crippen molar-refractivity contribution in [1.29, 1.82) is 0 Å². The molecular formula is C24H46N8S2. The van der Waals surface area contributed by atoms with E-state index in [4.69, 9.17) is 34.7 Å². The number of hydrogen-bond acceptors (Lipinski definition) is 6. The molecule has 8 nitrogen and oxygen atoms in total. The Morgan fingerprint density at radius 2 is 0.941 bits per heavy atom. The molecule has 0 saturated heterocycles. The lowest BCUT2D eigenvalue weighted by Gasteiger charge is -2.35. The zero-order valence-corrected chi connectivity index (χ0v) is 23.7. The lowest BCUT2D eigenvalue weighted by atomic mass is 9.89. The number of nitrogens with zero attached hydrogens (tertiary/aromatic N) is 4. The molecule has 34 heavy (non-hydrogen) atoms. The fourth-order valence-electron chi connectivity index (χ4n) is 4.13. The van der Waals surface area contributed by atoms with E-state index in [-0.39, 0.29) is 11.1 Å². The summed E-state index contributed by atoms with van der Waals surface area (Å²) in [5.74, 6) is 0. The normalized spacial score (nSPS) is 20.8. The second-order valence-corrected chi connectivity index (χ2v) is 12.5. The third-order valence-electron chi connectivity index (χ3n) is 5.83. The maximum absolute atomic E-state index is 5.58. The molecule has 2 rings (SSSR count). The van der Waals surface area contributed by atoms with Crippen molar-refractivity contribution in [3.63, 3.8) is 0 Å². The second kappa shape index (κ2) is 12.5. The molecule has 0 unspecified atom stereocenters. The van der Waals surface area contributed by atoms with E-state index >= 15 is 0 Å². The minimum absolute atomic E-state index is 0.198. The van der Waals surface area contributed by atoms with Gasteiger partial charge in [0, 0.05) is 13.1 Å². The van der Waals surface area contributed by atoms with Crippen molar-refractivity contribution >= 4 is 34.7 Å². The highest BCUT2D eigenvalue weighted by atomic mass is 32.1. The first-order valence-electron chi connectivity index (χ1n) is 12.8. The number of nitrogens with one attached hydrogen (secondary N) is 4. The van der Waals surface area contributed by atoms with E-state index in [1.807, 2.05) is 0 Å². The maximum Gasteiger partial charge on any atom is 0.168 e. The van der Waals surface area contributed by atoms with E-state index in [1.54, 1.807) is 0 Å². The van der Waals surface area contributed by atoms with Crippen LogP contribution in [0, 0.1) is 0 Å². The molecule has 0 aromatic carbocycles. The van der Waals surface area contributed by atoms with Crippen LogP contribution >= 0.6 is 24.4 Å². The van der Waals surface area contributed by atoms with E-state index in [2.05, 4.69) is 73.0 Å². The summed E-state index contributed by atoms with van der Waals surface area (Å²) in [6.07, 6.45) is 10.8. The first kappa shape index (κ1) is 28.8. The molecule has 0 bridgehead atoms. The molecule has 0 aromatic rings. The highest BCUT2D eigenvalue weighted by Gasteiger charge is 2.34. The second-order valence-electron chi connectivity index (χ2n) is 11.7. The van der Waals surface area contributed by atoms with Gasteiger partial charge in [0.15, 0.2) is 21.6 Å². The Hall–Kier alpha value is -1.42. The monoisotopic (exact) mass is 510 g/mol. The van der Waals surface area contributed by atoms with Gasteiger partial charge in [-0.2, -0.15) is 20.5 Å². The van der Waals surface area contributed by atoms with Gasteiger partial charge in [0.25, 0.3) is 0 Å². The summed E-state index contributed by atoms with van der Waals surface area (Å²) in [5.41, 5.74) is -1.19. The Balaban J connectivity index is 1.82. The molecule has 2 saturated carbocycles. The van der Waals surface area contributed by atoms with Gasteiger partial charge in [-0.15, -0.1) is 0 Å². The Kier molecular flexibility index (Phi) is 10.6. The summed E-state index contributed by atoms with van der Waals surface area (Å²) in [6, 6.07) is 0. The standard InChI is InChI=1S/C24H46N8S2/c1-21(2,3)29-31-23(13-9-7-10-14-23)27-19(33)25-17-18-26-20(34)28-24(15-11-8-12-16-24)32-30-22(4,5)6/h7-18H2,1-6H3,(H2,25,27,33)(H2,26,28,34). The van der Waals surface area contributed by atoms with E-state index in [1.165, 1.54) is 12.8 Å². The molecule has 2 aliphatic rings. The highest BCUT2D eigenvalue weighted by molar-refractivity contribution is 7.80. The molecule has 0 aliphatic heterocycles. The number of hydrogen-bond donors (Lipinski definition) is 4. The van der Waals surface area contributed by atoms with Gasteiger partial charge < -0.3 is 21.3 Å². The third-order valence-corrected chi connectivity index (χ3v) is 6.33. The first-order chi connectivity index (χ1) is 15.8. The molecule has 194 valence electrons. The zero-order valence-electron chi connectivity index (χ0n) is 22.1. The van der Waals surface area contributed by atoms with Crippen molar-refractivity contribution in [1.82, 2.24) is 21.3 Å². The number of thiocarbonyl (C=S) groups is 2. The fourth-order valence-corrected chi connectivity index (χ4v) is 4.71. The summed E-state index contributed by atoms with van der Waals surface area (Å²) in [7, 11) is 0. The molecule has 4 N–H and O–H groups in total. The molecule has 0 radical (unpaired) electrons. The van der Waals surface area contributed by atoms with Crippen molar-refractivity contribution in [3.8, 4) is 0 Å². The lowest BCUT2D eigenvalue weighted by molar-refractivity contribution is 0.254. The molecule has 0 amide bonds. The van der Waals surface area contributed by atoms with Gasteiger partial charge in [0.2, 0.25) is 0 Å². The smallest absolute Gasteiger partial charge is 0.168 e. The Morgan fingerprint density at radius 1 is 0.618 bits per heavy atom. The van der Waals surface area contributed by atoms with E-state index < -0.39 is 11.3 Å². The van der Waals surface area contributed by atoms with Gasteiger partial charge in [-0.1, -0.05) is 12.8 Å². The molecule has 0 aromatic heterocycles. The van der Waals surface area contributed by atoms with Gasteiger partial charge >= 0.3 is 0 Å². The SMILES string of the molecule is CC(C)(C)N=NC1(NC(=S)NCCNC(=S)NC2(N=NC(C)(C)C)CCCCC2)CCCCC1. The van der Waals surface area contributed by atoms with E-state index in [9.17, 15) is 0 Å². The van der Waals surface area contributed by atoms with Crippen molar-refractivity contribution in [2.24, 2.45) is 20.5 Å². The summed E-state index contributed by atoms with van der Waals surface area (Å²) < 4.78 is 0. The number of azo groups is 2. The van der Waals surface area contributed by atoms with Gasteiger partial charge in [0.1, 0.15) is 0 Å². The van der Waals surface area contributed by atoms with E-state index in [0.717, 1.165) is 51.4 Å². The molecule has 0 heterocycles. The van der Waals surface area contributed by atoms with Crippen LogP contribution in [0.5, 0.6) is 0 Å². The topological polar surface area (TPSA) is 97.6 Å². The Morgan fingerprint density at radius 3 is 1.24 bits per heavy atom. The minimum Gasteiger partial charge on any atom is -0.361 e. The summed E-state index contributed by atoms with van der Waals surface area (Å²) >= 11 is 11.2. The third kappa shape index (κ3) is 10.9. The van der Waals surface area contributed by atoms with Crippen LogP contribution in [0.3, 0.4) is 0 Å². The van der Waals surface area contributed by atoms with Crippen LogP contribution in [0.4, 0.5) is 0 Å². The molecule has 2 aliphatic carbocycles. The first-order valence-corrected chi connectivity index (χ1v) is 13.6. The summed E-state index contributed by atoms with van der Waals surface area (Å²) in [6.45, 7) is 13.7. The van der Waals surface area contributed by atoms with Crippen LogP contribution in [0.2, 0.25) is 0 Å². The predicted octanol–water partition coefficient (Wildman–Crippen LogP) is 5.74.